The summed E-state index contributed by atoms with van der Waals surface area (Å²) >= 11 is 5.91. The molecule has 1 heterocycles. The van der Waals surface area contributed by atoms with E-state index >= 15 is 0 Å². The first-order valence-corrected chi connectivity index (χ1v) is 9.56. The van der Waals surface area contributed by atoms with E-state index < -0.39 is 6.04 Å². The molecule has 29 heavy (non-hydrogen) atoms. The predicted octanol–water partition coefficient (Wildman–Crippen LogP) is 2.85. The Morgan fingerprint density at radius 2 is 2.07 bits per heavy atom. The van der Waals surface area contributed by atoms with Crippen molar-refractivity contribution in [3.63, 3.8) is 0 Å². The third-order valence-corrected chi connectivity index (χ3v) is 4.68. The molecule has 1 unspecified atom stereocenters. The average molecular weight is 417 g/mol. The molecule has 1 aliphatic heterocycles. The highest BCUT2D eigenvalue weighted by Gasteiger charge is 2.33. The number of nitrogens with zero attached hydrogens (tertiary/aromatic N) is 1. The van der Waals surface area contributed by atoms with Gasteiger partial charge in [-0.1, -0.05) is 17.7 Å². The molecule has 8 heteroatoms. The van der Waals surface area contributed by atoms with Crippen molar-refractivity contribution in [2.75, 3.05) is 24.7 Å². The molecule has 0 aromatic heterocycles. The van der Waals surface area contributed by atoms with E-state index in [9.17, 15) is 14.4 Å². The maximum atomic E-state index is 12.6. The van der Waals surface area contributed by atoms with Gasteiger partial charge in [0, 0.05) is 17.1 Å². The van der Waals surface area contributed by atoms with E-state index in [0.717, 1.165) is 0 Å². The predicted molar refractivity (Wildman–Crippen MR) is 109 cm³/mol. The number of ketones is 1. The molecule has 2 amide bonds. The number of carbonyl (C=O) groups is 3. The molecule has 3 rings (SSSR count). The van der Waals surface area contributed by atoms with Crippen LogP contribution in [-0.2, 0) is 9.59 Å². The molecular formula is C21H21ClN2O5. The van der Waals surface area contributed by atoms with E-state index in [1.807, 2.05) is 0 Å². The summed E-state index contributed by atoms with van der Waals surface area (Å²) in [5.41, 5.74) is 0.728. The maximum Gasteiger partial charge on any atom is 0.265 e. The second-order valence-electron chi connectivity index (χ2n) is 6.47. The number of fused-ring (bicyclic) bond motifs is 1. The molecule has 1 aliphatic rings. The molecule has 1 N–H and O–H groups in total. The third kappa shape index (κ3) is 4.68. The summed E-state index contributed by atoms with van der Waals surface area (Å²) in [7, 11) is 0. The lowest BCUT2D eigenvalue weighted by Gasteiger charge is -2.33. The Labute approximate surface area is 173 Å². The van der Waals surface area contributed by atoms with E-state index in [2.05, 4.69) is 5.32 Å². The number of hydrogen-bond acceptors (Lipinski definition) is 5. The van der Waals surface area contributed by atoms with Crippen molar-refractivity contribution in [1.82, 2.24) is 5.32 Å². The molecule has 7 nitrogen and oxygen atoms in total. The van der Waals surface area contributed by atoms with Crippen molar-refractivity contribution in [2.24, 2.45) is 0 Å². The largest absolute Gasteiger partial charge is 0.485 e. The van der Waals surface area contributed by atoms with Gasteiger partial charge in [0.15, 0.2) is 19.0 Å². The summed E-state index contributed by atoms with van der Waals surface area (Å²) < 4.78 is 11.0. The van der Waals surface area contributed by atoms with Crippen LogP contribution in [0.15, 0.2) is 42.5 Å². The van der Waals surface area contributed by atoms with Gasteiger partial charge in [-0.15, -0.1) is 0 Å². The zero-order valence-corrected chi connectivity index (χ0v) is 16.9. The van der Waals surface area contributed by atoms with Gasteiger partial charge < -0.3 is 14.8 Å². The third-order valence-electron chi connectivity index (χ3n) is 4.44. The number of nitrogens with one attached hydrogen (secondary N) is 1. The van der Waals surface area contributed by atoms with Gasteiger partial charge >= 0.3 is 0 Å². The Balaban J connectivity index is 1.81. The molecule has 0 aliphatic carbocycles. The highest BCUT2D eigenvalue weighted by molar-refractivity contribution is 6.30. The normalized spacial score (nSPS) is 13.9. The van der Waals surface area contributed by atoms with Gasteiger partial charge in [-0.05, 0) is 50.2 Å². The summed E-state index contributed by atoms with van der Waals surface area (Å²) in [6.45, 7) is 3.53. The van der Waals surface area contributed by atoms with Gasteiger partial charge in [0.25, 0.3) is 5.91 Å². The number of carbonyl (C=O) groups excluding carboxylic acids is 3. The monoisotopic (exact) mass is 416 g/mol. The van der Waals surface area contributed by atoms with E-state index in [4.69, 9.17) is 21.1 Å². The van der Waals surface area contributed by atoms with Gasteiger partial charge in [0.05, 0.1) is 5.69 Å². The Hall–Kier alpha value is -3.06. The first-order valence-electron chi connectivity index (χ1n) is 9.19. The lowest BCUT2D eigenvalue weighted by Crippen LogP contribution is -2.51. The molecule has 1 atom stereocenters. The second kappa shape index (κ2) is 8.96. The molecule has 0 saturated carbocycles. The van der Waals surface area contributed by atoms with Crippen LogP contribution in [-0.4, -0.2) is 43.4 Å². The first kappa shape index (κ1) is 20.7. The van der Waals surface area contributed by atoms with Crippen LogP contribution in [0.2, 0.25) is 5.02 Å². The van der Waals surface area contributed by atoms with Gasteiger partial charge in [-0.3, -0.25) is 19.3 Å². The molecule has 2 aromatic carbocycles. The van der Waals surface area contributed by atoms with Crippen LogP contribution in [0.25, 0.3) is 0 Å². The van der Waals surface area contributed by atoms with Gasteiger partial charge in [-0.2, -0.15) is 0 Å². The topological polar surface area (TPSA) is 84.9 Å². The fraction of sp³-hybridized carbons (Fsp3) is 0.286. The average Bonchev–Trinajstić information content (AvgIpc) is 2.71. The number of Topliss-reactive ketones (excluding diaryl/α,β-unsaturated/α-hetero) is 1. The number of likely N-dealkylation sites (N-methyl/N-ethyl adjacent to an activating group) is 1. The number of benzene rings is 2. The molecule has 152 valence electrons. The zero-order valence-electron chi connectivity index (χ0n) is 16.1. The summed E-state index contributed by atoms with van der Waals surface area (Å²) in [5, 5.41) is 3.21. The van der Waals surface area contributed by atoms with E-state index in [0.29, 0.717) is 34.3 Å². The smallest absolute Gasteiger partial charge is 0.265 e. The van der Waals surface area contributed by atoms with Crippen LogP contribution in [0.4, 0.5) is 5.69 Å². The van der Waals surface area contributed by atoms with Gasteiger partial charge in [0.2, 0.25) is 5.91 Å². The molecule has 0 fully saturated rings. The SMILES string of the molecule is CCNC(=O)C(C)N1C(=O)COc2ccc(C(=O)COc3cccc(Cl)c3)cc21. The minimum atomic E-state index is -0.738. The highest BCUT2D eigenvalue weighted by atomic mass is 35.5. The standard InChI is InChI=1S/C21H21ClN2O5/c1-3-23-21(27)13(2)24-17-9-14(7-8-19(17)29-12-20(24)26)18(25)11-28-16-6-4-5-15(22)10-16/h4-10,13H,3,11-12H2,1-2H3,(H,23,27). The molecule has 0 radical (unpaired) electrons. The van der Waals surface area contributed by atoms with Crippen LogP contribution >= 0.6 is 11.6 Å². The van der Waals surface area contributed by atoms with Gasteiger partial charge in [-0.25, -0.2) is 0 Å². The number of amides is 2. The van der Waals surface area contributed by atoms with Crippen LogP contribution in [0.1, 0.15) is 24.2 Å². The summed E-state index contributed by atoms with van der Waals surface area (Å²) in [4.78, 5) is 38.7. The van der Waals surface area contributed by atoms with Crippen LogP contribution in [0.3, 0.4) is 0 Å². The maximum absolute atomic E-state index is 12.6. The zero-order chi connectivity index (χ0) is 21.0. The lowest BCUT2D eigenvalue weighted by atomic mass is 10.1. The van der Waals surface area contributed by atoms with Crippen LogP contribution < -0.4 is 19.7 Å². The van der Waals surface area contributed by atoms with E-state index in [1.165, 1.54) is 4.90 Å². The Morgan fingerprint density at radius 1 is 1.28 bits per heavy atom. The Morgan fingerprint density at radius 3 is 2.79 bits per heavy atom. The summed E-state index contributed by atoms with van der Waals surface area (Å²) in [5.74, 6) is 0.00373. The minimum absolute atomic E-state index is 0.165. The highest BCUT2D eigenvalue weighted by Crippen LogP contribution is 2.34. The fourth-order valence-corrected chi connectivity index (χ4v) is 3.18. The van der Waals surface area contributed by atoms with Crippen molar-refractivity contribution >= 4 is 34.9 Å². The molecular weight excluding hydrogens is 396 g/mol. The minimum Gasteiger partial charge on any atom is -0.485 e. The van der Waals surface area contributed by atoms with Crippen LogP contribution in [0.5, 0.6) is 11.5 Å². The molecule has 0 spiro atoms. The van der Waals surface area contributed by atoms with Crippen molar-refractivity contribution in [1.29, 1.82) is 0 Å². The quantitative estimate of drug-likeness (QED) is 0.701. The van der Waals surface area contributed by atoms with Crippen molar-refractivity contribution in [3.8, 4) is 11.5 Å². The fourth-order valence-electron chi connectivity index (χ4n) is 3.00. The number of rotatable bonds is 7. The van der Waals surface area contributed by atoms with Gasteiger partial charge in [0.1, 0.15) is 17.5 Å². The molecule has 0 saturated heterocycles. The number of anilines is 1. The summed E-state index contributed by atoms with van der Waals surface area (Å²) in [6, 6.07) is 10.8. The molecule has 2 aromatic rings. The van der Waals surface area contributed by atoms with Crippen LogP contribution in [0, 0.1) is 0 Å². The van der Waals surface area contributed by atoms with Crippen molar-refractivity contribution < 1.29 is 23.9 Å². The first-order chi connectivity index (χ1) is 13.9. The summed E-state index contributed by atoms with van der Waals surface area (Å²) in [6.07, 6.45) is 0. The van der Waals surface area contributed by atoms with Crippen molar-refractivity contribution in [2.45, 2.75) is 19.9 Å². The van der Waals surface area contributed by atoms with Crippen molar-refractivity contribution in [3.05, 3.63) is 53.1 Å². The number of halogens is 1. The van der Waals surface area contributed by atoms with E-state index in [-0.39, 0.29) is 30.8 Å². The Bertz CT molecular complexity index is 946. The second-order valence-corrected chi connectivity index (χ2v) is 6.91. The van der Waals surface area contributed by atoms with E-state index in [1.54, 1.807) is 56.3 Å². The molecule has 0 bridgehead atoms. The lowest BCUT2D eigenvalue weighted by molar-refractivity contribution is -0.127. The number of ether oxygens (including phenoxy) is 2. The number of hydrogen-bond donors (Lipinski definition) is 1. The Kier molecular flexibility index (Phi) is 6.39.